The summed E-state index contributed by atoms with van der Waals surface area (Å²) in [5.41, 5.74) is 0.468. The van der Waals surface area contributed by atoms with Gasteiger partial charge in [-0.05, 0) is 18.2 Å². The summed E-state index contributed by atoms with van der Waals surface area (Å²) in [6.45, 7) is 0. The summed E-state index contributed by atoms with van der Waals surface area (Å²) in [5.74, 6) is -1.09. The van der Waals surface area contributed by atoms with Crippen LogP contribution in [0.1, 0.15) is 0 Å². The zero-order chi connectivity index (χ0) is 13.7. The third-order valence-electron chi connectivity index (χ3n) is 2.13. The maximum atomic E-state index is 11.3. The number of carboxylic acid groups (broad SMARTS) is 1. The van der Waals surface area contributed by atoms with Crippen molar-refractivity contribution >= 4 is 17.6 Å². The number of amides is 1. The van der Waals surface area contributed by atoms with Crippen molar-refractivity contribution in [1.82, 2.24) is 14.8 Å². The van der Waals surface area contributed by atoms with Gasteiger partial charge in [-0.2, -0.15) is 5.10 Å². The van der Waals surface area contributed by atoms with E-state index in [0.29, 0.717) is 11.5 Å². The molecule has 0 aliphatic heterocycles. The molecule has 0 fully saturated rings. The number of nitrogens with zero attached hydrogens (tertiary/aromatic N) is 3. The van der Waals surface area contributed by atoms with E-state index in [-0.39, 0.29) is 0 Å². The average molecular weight is 258 g/mol. The molecule has 0 aliphatic carbocycles. The van der Waals surface area contributed by atoms with E-state index in [4.69, 9.17) is 5.11 Å². The van der Waals surface area contributed by atoms with Gasteiger partial charge in [-0.25, -0.2) is 14.5 Å². The summed E-state index contributed by atoms with van der Waals surface area (Å²) >= 11 is 0. The smallest absolute Gasteiger partial charge is 0.328 e. The van der Waals surface area contributed by atoms with E-state index in [0.717, 1.165) is 12.2 Å². The fourth-order valence-electron chi connectivity index (χ4n) is 1.33. The van der Waals surface area contributed by atoms with E-state index < -0.39 is 11.9 Å². The van der Waals surface area contributed by atoms with E-state index in [9.17, 15) is 9.59 Å². The van der Waals surface area contributed by atoms with Gasteiger partial charge in [0.25, 0.3) is 0 Å². The molecule has 2 N–H and O–H groups in total. The van der Waals surface area contributed by atoms with E-state index >= 15 is 0 Å². The lowest BCUT2D eigenvalue weighted by Crippen LogP contribution is -2.09. The standard InChI is InChI=1S/C12H10N4O3/c17-11(4-5-12(18)19)15-9-2-3-10(13-8-9)16-7-1-6-14-16/h1-8H,(H,15,17)(H,18,19)/b5-4+. The van der Waals surface area contributed by atoms with Crippen LogP contribution in [0.5, 0.6) is 0 Å². The summed E-state index contributed by atoms with van der Waals surface area (Å²) in [4.78, 5) is 25.7. The largest absolute Gasteiger partial charge is 0.478 e. The highest BCUT2D eigenvalue weighted by Crippen LogP contribution is 2.08. The SMILES string of the molecule is O=C(O)/C=C/C(=O)Nc1ccc(-n2cccn2)nc1. The van der Waals surface area contributed by atoms with Crippen LogP contribution in [-0.2, 0) is 9.59 Å². The Kier molecular flexibility index (Phi) is 3.67. The number of hydrogen-bond acceptors (Lipinski definition) is 4. The van der Waals surface area contributed by atoms with Crippen molar-refractivity contribution in [1.29, 1.82) is 0 Å². The number of pyridine rings is 1. The van der Waals surface area contributed by atoms with Crippen molar-refractivity contribution in [2.45, 2.75) is 0 Å². The van der Waals surface area contributed by atoms with Crippen LogP contribution in [0.15, 0.2) is 48.9 Å². The van der Waals surface area contributed by atoms with Crippen LogP contribution in [0.25, 0.3) is 5.82 Å². The molecule has 0 unspecified atom stereocenters. The van der Waals surface area contributed by atoms with Crippen LogP contribution in [0.3, 0.4) is 0 Å². The van der Waals surface area contributed by atoms with Crippen LogP contribution in [0.4, 0.5) is 5.69 Å². The Morgan fingerprint density at radius 1 is 1.32 bits per heavy atom. The molecule has 96 valence electrons. The number of nitrogens with one attached hydrogen (secondary N) is 1. The van der Waals surface area contributed by atoms with Gasteiger partial charge in [0.05, 0.1) is 11.9 Å². The lowest BCUT2D eigenvalue weighted by Gasteiger charge is -2.03. The van der Waals surface area contributed by atoms with Crippen molar-refractivity contribution in [2.24, 2.45) is 0 Å². The molecule has 0 saturated carbocycles. The zero-order valence-electron chi connectivity index (χ0n) is 9.72. The zero-order valence-corrected chi connectivity index (χ0v) is 9.72. The van der Waals surface area contributed by atoms with Gasteiger partial charge >= 0.3 is 5.97 Å². The number of hydrogen-bond donors (Lipinski definition) is 2. The van der Waals surface area contributed by atoms with Crippen LogP contribution >= 0.6 is 0 Å². The number of rotatable bonds is 4. The predicted molar refractivity (Wildman–Crippen MR) is 66.8 cm³/mol. The summed E-state index contributed by atoms with van der Waals surface area (Å²) in [7, 11) is 0. The highest BCUT2D eigenvalue weighted by molar-refractivity contribution is 6.02. The number of aromatic nitrogens is 3. The van der Waals surface area contributed by atoms with Gasteiger partial charge in [-0.15, -0.1) is 0 Å². The lowest BCUT2D eigenvalue weighted by molar-refractivity contribution is -0.131. The molecule has 0 aromatic carbocycles. The van der Waals surface area contributed by atoms with Crippen LogP contribution in [-0.4, -0.2) is 31.7 Å². The molecule has 7 nitrogen and oxygen atoms in total. The Morgan fingerprint density at radius 2 is 2.16 bits per heavy atom. The third-order valence-corrected chi connectivity index (χ3v) is 2.13. The Morgan fingerprint density at radius 3 is 2.74 bits per heavy atom. The van der Waals surface area contributed by atoms with Gasteiger partial charge in [0.15, 0.2) is 5.82 Å². The summed E-state index contributed by atoms with van der Waals surface area (Å²) < 4.78 is 1.58. The number of anilines is 1. The minimum absolute atomic E-state index is 0.468. The molecule has 0 spiro atoms. The van der Waals surface area contributed by atoms with Gasteiger partial charge < -0.3 is 10.4 Å². The normalized spacial score (nSPS) is 10.5. The molecule has 0 aliphatic rings. The number of carbonyl (C=O) groups excluding carboxylic acids is 1. The topological polar surface area (TPSA) is 97.1 Å². The van der Waals surface area contributed by atoms with Gasteiger partial charge in [0.2, 0.25) is 5.91 Å². The minimum Gasteiger partial charge on any atom is -0.478 e. The molecule has 2 aromatic rings. The summed E-state index contributed by atoms with van der Waals surface area (Å²) in [6, 6.07) is 5.11. The molecule has 2 rings (SSSR count). The molecule has 0 saturated heterocycles. The molecule has 1 amide bonds. The number of carboxylic acids is 1. The highest BCUT2D eigenvalue weighted by atomic mass is 16.4. The second-order valence-corrected chi connectivity index (χ2v) is 3.52. The van der Waals surface area contributed by atoms with Crippen molar-refractivity contribution < 1.29 is 14.7 Å². The van der Waals surface area contributed by atoms with E-state index in [1.807, 2.05) is 0 Å². The first kappa shape index (κ1) is 12.5. The summed E-state index contributed by atoms with van der Waals surface area (Å²) in [5, 5.41) is 14.9. The number of aliphatic carboxylic acids is 1. The monoisotopic (exact) mass is 258 g/mol. The Balaban J connectivity index is 2.03. The fourth-order valence-corrected chi connectivity index (χ4v) is 1.33. The minimum atomic E-state index is -1.18. The molecular formula is C12H10N4O3. The molecule has 0 radical (unpaired) electrons. The maximum Gasteiger partial charge on any atom is 0.328 e. The lowest BCUT2D eigenvalue weighted by atomic mass is 10.4. The van der Waals surface area contributed by atoms with Gasteiger partial charge in [-0.3, -0.25) is 4.79 Å². The average Bonchev–Trinajstić information content (AvgIpc) is 2.91. The Bertz CT molecular complexity index is 602. The molecule has 0 atom stereocenters. The van der Waals surface area contributed by atoms with Crippen LogP contribution in [0.2, 0.25) is 0 Å². The quantitative estimate of drug-likeness (QED) is 0.792. The number of carbonyl (C=O) groups is 2. The van der Waals surface area contributed by atoms with Gasteiger partial charge in [-0.1, -0.05) is 0 Å². The highest BCUT2D eigenvalue weighted by Gasteiger charge is 2.01. The molecule has 7 heteroatoms. The predicted octanol–water partition coefficient (Wildman–Crippen LogP) is 0.847. The maximum absolute atomic E-state index is 11.3. The second-order valence-electron chi connectivity index (χ2n) is 3.52. The van der Waals surface area contributed by atoms with Crippen LogP contribution < -0.4 is 5.32 Å². The van der Waals surface area contributed by atoms with Crippen LogP contribution in [0, 0.1) is 0 Å². The molecule has 2 heterocycles. The van der Waals surface area contributed by atoms with E-state index in [1.165, 1.54) is 6.20 Å². The van der Waals surface area contributed by atoms with Crippen molar-refractivity contribution in [3.05, 3.63) is 48.9 Å². The third kappa shape index (κ3) is 3.50. The van der Waals surface area contributed by atoms with Crippen molar-refractivity contribution in [3.8, 4) is 5.82 Å². The Labute approximate surface area is 108 Å². The van der Waals surface area contributed by atoms with E-state index in [2.05, 4.69) is 15.4 Å². The molecule has 19 heavy (non-hydrogen) atoms. The van der Waals surface area contributed by atoms with Gasteiger partial charge in [0, 0.05) is 24.5 Å². The second kappa shape index (κ2) is 5.58. The molecule has 2 aromatic heterocycles. The van der Waals surface area contributed by atoms with Crippen molar-refractivity contribution in [3.63, 3.8) is 0 Å². The van der Waals surface area contributed by atoms with E-state index in [1.54, 1.807) is 35.3 Å². The summed E-state index contributed by atoms with van der Waals surface area (Å²) in [6.07, 6.45) is 6.54. The molecular weight excluding hydrogens is 248 g/mol. The first-order chi connectivity index (χ1) is 9.15. The van der Waals surface area contributed by atoms with Crippen molar-refractivity contribution in [2.75, 3.05) is 5.32 Å². The first-order valence-electron chi connectivity index (χ1n) is 5.33. The first-order valence-corrected chi connectivity index (χ1v) is 5.33. The molecule has 0 bridgehead atoms. The van der Waals surface area contributed by atoms with Gasteiger partial charge in [0.1, 0.15) is 0 Å². The Hall–Kier alpha value is -2.96. The fraction of sp³-hybridized carbons (Fsp3) is 0.